The van der Waals surface area contributed by atoms with Crippen molar-refractivity contribution in [1.29, 1.82) is 0 Å². The highest BCUT2D eigenvalue weighted by atomic mass is 19.1. The molecule has 1 N–H and O–H groups in total. The van der Waals surface area contributed by atoms with Crippen LogP contribution in [0.1, 0.15) is 37.4 Å². The van der Waals surface area contributed by atoms with Crippen molar-refractivity contribution in [3.63, 3.8) is 0 Å². The molecule has 1 aromatic rings. The van der Waals surface area contributed by atoms with Crippen LogP contribution < -0.4 is 0 Å². The van der Waals surface area contributed by atoms with Crippen molar-refractivity contribution >= 4 is 5.91 Å². The van der Waals surface area contributed by atoms with E-state index in [0.717, 1.165) is 12.1 Å². The molecule has 0 aliphatic carbocycles. The van der Waals surface area contributed by atoms with Gasteiger partial charge in [0.25, 0.3) is 0 Å². The van der Waals surface area contributed by atoms with Crippen LogP contribution in [-0.2, 0) is 11.4 Å². The Labute approximate surface area is 105 Å². The first kappa shape index (κ1) is 14.6. The van der Waals surface area contributed by atoms with Crippen LogP contribution in [0.25, 0.3) is 0 Å². The summed E-state index contributed by atoms with van der Waals surface area (Å²) in [6.45, 7) is 2.61. The molecule has 18 heavy (non-hydrogen) atoms. The highest BCUT2D eigenvalue weighted by molar-refractivity contribution is 5.73. The highest BCUT2D eigenvalue weighted by Gasteiger charge is 2.22. The molecule has 1 amide bonds. The van der Waals surface area contributed by atoms with Gasteiger partial charge in [-0.3, -0.25) is 4.79 Å². The first-order valence-electron chi connectivity index (χ1n) is 5.74. The lowest BCUT2D eigenvalue weighted by molar-refractivity contribution is -0.129. The lowest BCUT2D eigenvalue weighted by Gasteiger charge is -2.27. The second-order valence-electron chi connectivity index (χ2n) is 4.18. The van der Waals surface area contributed by atoms with E-state index in [1.54, 1.807) is 14.0 Å². The first-order chi connectivity index (χ1) is 8.42. The van der Waals surface area contributed by atoms with Crippen LogP contribution in [0.5, 0.6) is 0 Å². The molecular formula is C13H17F2NO2. The summed E-state index contributed by atoms with van der Waals surface area (Å²) in [5.41, 5.74) is 0.0430. The lowest BCUT2D eigenvalue weighted by atomic mass is 10.00. The summed E-state index contributed by atoms with van der Waals surface area (Å²) in [7, 11) is 1.55. The number of aliphatic hydroxyl groups excluding tert-OH is 1. The predicted octanol–water partition coefficient (Wildman–Crippen LogP) is 2.39. The van der Waals surface area contributed by atoms with E-state index in [9.17, 15) is 13.6 Å². The highest BCUT2D eigenvalue weighted by Crippen LogP contribution is 2.27. The quantitative estimate of drug-likeness (QED) is 0.899. The van der Waals surface area contributed by atoms with Gasteiger partial charge in [-0.2, -0.15) is 0 Å². The van der Waals surface area contributed by atoms with Crippen LogP contribution in [0.15, 0.2) is 12.1 Å². The third-order valence-electron chi connectivity index (χ3n) is 3.05. The number of rotatable bonds is 4. The summed E-state index contributed by atoms with van der Waals surface area (Å²) in [5, 5.41) is 8.86. The number of carbonyl (C=O) groups is 1. The zero-order valence-corrected chi connectivity index (χ0v) is 10.7. The topological polar surface area (TPSA) is 40.5 Å². The van der Waals surface area contributed by atoms with Crippen molar-refractivity contribution in [2.75, 3.05) is 7.05 Å². The third kappa shape index (κ3) is 2.85. The van der Waals surface area contributed by atoms with Crippen molar-refractivity contribution in [2.24, 2.45) is 0 Å². The second-order valence-corrected chi connectivity index (χ2v) is 4.18. The van der Waals surface area contributed by atoms with E-state index in [1.165, 1.54) is 11.8 Å². The molecule has 0 bridgehead atoms. The van der Waals surface area contributed by atoms with Crippen LogP contribution in [0.2, 0.25) is 0 Å². The smallest absolute Gasteiger partial charge is 0.219 e. The summed E-state index contributed by atoms with van der Waals surface area (Å²) >= 11 is 0. The van der Waals surface area contributed by atoms with Gasteiger partial charge < -0.3 is 10.0 Å². The minimum Gasteiger partial charge on any atom is -0.392 e. The molecule has 0 heterocycles. The average molecular weight is 257 g/mol. The standard InChI is InChI=1S/C13H17F2NO2/c1-4-13(16(3)8(2)18)10-6-11(14)9(7-17)5-12(10)15/h5-6,13,17H,4,7H2,1-3H3. The molecule has 1 rings (SSSR count). The molecule has 0 saturated heterocycles. The number of nitrogens with zero attached hydrogens (tertiary/aromatic N) is 1. The van der Waals surface area contributed by atoms with Crippen molar-refractivity contribution in [3.8, 4) is 0 Å². The van der Waals surface area contributed by atoms with E-state index in [4.69, 9.17) is 5.11 Å². The Balaban J connectivity index is 3.22. The van der Waals surface area contributed by atoms with Crippen LogP contribution in [-0.4, -0.2) is 23.0 Å². The molecule has 1 unspecified atom stereocenters. The monoisotopic (exact) mass is 257 g/mol. The average Bonchev–Trinajstić information content (AvgIpc) is 2.33. The molecule has 1 atom stereocenters. The lowest BCUT2D eigenvalue weighted by Crippen LogP contribution is -2.29. The number of carbonyl (C=O) groups excluding carboxylic acids is 1. The normalized spacial score (nSPS) is 12.3. The van der Waals surface area contributed by atoms with Crippen molar-refractivity contribution in [3.05, 3.63) is 34.9 Å². The molecular weight excluding hydrogens is 240 g/mol. The van der Waals surface area contributed by atoms with Gasteiger partial charge in [-0.15, -0.1) is 0 Å². The van der Waals surface area contributed by atoms with Gasteiger partial charge in [0.1, 0.15) is 11.6 Å². The Hall–Kier alpha value is -1.49. The maximum atomic E-state index is 13.9. The van der Waals surface area contributed by atoms with E-state index < -0.39 is 24.3 Å². The Morgan fingerprint density at radius 3 is 2.44 bits per heavy atom. The molecule has 100 valence electrons. The zero-order valence-electron chi connectivity index (χ0n) is 10.7. The fourth-order valence-corrected chi connectivity index (χ4v) is 1.90. The number of halogens is 2. The summed E-state index contributed by atoms with van der Waals surface area (Å²) in [5.74, 6) is -1.49. The van der Waals surface area contributed by atoms with Crippen LogP contribution in [0.4, 0.5) is 8.78 Å². The number of amides is 1. The van der Waals surface area contributed by atoms with Crippen LogP contribution >= 0.6 is 0 Å². The van der Waals surface area contributed by atoms with E-state index in [1.807, 2.05) is 0 Å². The van der Waals surface area contributed by atoms with Gasteiger partial charge in [0, 0.05) is 25.1 Å². The Bertz CT molecular complexity index is 449. The van der Waals surface area contributed by atoms with Gasteiger partial charge in [-0.05, 0) is 18.6 Å². The molecule has 1 aromatic carbocycles. The Kier molecular flexibility index (Phi) is 4.78. The first-order valence-corrected chi connectivity index (χ1v) is 5.74. The van der Waals surface area contributed by atoms with Gasteiger partial charge in [-0.1, -0.05) is 6.92 Å². The van der Waals surface area contributed by atoms with E-state index >= 15 is 0 Å². The number of aliphatic hydroxyl groups is 1. The van der Waals surface area contributed by atoms with Crippen LogP contribution in [0.3, 0.4) is 0 Å². The number of hydrogen-bond acceptors (Lipinski definition) is 2. The third-order valence-corrected chi connectivity index (χ3v) is 3.05. The fourth-order valence-electron chi connectivity index (χ4n) is 1.90. The van der Waals surface area contributed by atoms with Gasteiger partial charge in [-0.25, -0.2) is 8.78 Å². The molecule has 0 spiro atoms. The Morgan fingerprint density at radius 2 is 2.00 bits per heavy atom. The predicted molar refractivity (Wildman–Crippen MR) is 63.8 cm³/mol. The van der Waals surface area contributed by atoms with Crippen molar-refractivity contribution < 1.29 is 18.7 Å². The van der Waals surface area contributed by atoms with Gasteiger partial charge in [0.2, 0.25) is 5.91 Å². The molecule has 5 heteroatoms. The molecule has 0 radical (unpaired) electrons. The summed E-state index contributed by atoms with van der Waals surface area (Å²) in [4.78, 5) is 12.7. The van der Waals surface area contributed by atoms with Gasteiger partial charge in [0.05, 0.1) is 12.6 Å². The molecule has 3 nitrogen and oxygen atoms in total. The van der Waals surface area contributed by atoms with Crippen LogP contribution in [0, 0.1) is 11.6 Å². The number of hydrogen-bond donors (Lipinski definition) is 1. The van der Waals surface area contributed by atoms with Gasteiger partial charge in [0.15, 0.2) is 0 Å². The van der Waals surface area contributed by atoms with Gasteiger partial charge >= 0.3 is 0 Å². The van der Waals surface area contributed by atoms with E-state index in [2.05, 4.69) is 0 Å². The SMILES string of the molecule is CCC(c1cc(F)c(CO)cc1F)N(C)C(C)=O. The Morgan fingerprint density at radius 1 is 1.39 bits per heavy atom. The summed E-state index contributed by atoms with van der Waals surface area (Å²) < 4.78 is 27.4. The summed E-state index contributed by atoms with van der Waals surface area (Å²) in [6.07, 6.45) is 0.477. The van der Waals surface area contributed by atoms with Crippen molar-refractivity contribution in [2.45, 2.75) is 32.9 Å². The zero-order chi connectivity index (χ0) is 13.9. The van der Waals surface area contributed by atoms with Crippen molar-refractivity contribution in [1.82, 2.24) is 4.90 Å². The maximum Gasteiger partial charge on any atom is 0.219 e. The summed E-state index contributed by atoms with van der Waals surface area (Å²) in [6, 6.07) is 1.51. The van der Waals surface area contributed by atoms with E-state index in [0.29, 0.717) is 6.42 Å². The molecule has 0 aromatic heterocycles. The number of benzene rings is 1. The molecule has 0 saturated carbocycles. The maximum absolute atomic E-state index is 13.9. The minimum atomic E-state index is -0.663. The molecule has 0 aliphatic heterocycles. The minimum absolute atomic E-state index is 0.0865. The second kappa shape index (κ2) is 5.91. The largest absolute Gasteiger partial charge is 0.392 e. The van der Waals surface area contributed by atoms with E-state index in [-0.39, 0.29) is 17.0 Å². The molecule has 0 aliphatic rings. The molecule has 0 fully saturated rings. The fraction of sp³-hybridized carbons (Fsp3) is 0.462.